The van der Waals surface area contributed by atoms with Crippen molar-refractivity contribution < 1.29 is 13.9 Å². The first-order valence-electron chi connectivity index (χ1n) is 6.28. The van der Waals surface area contributed by atoms with Crippen molar-refractivity contribution in [2.45, 2.75) is 32.4 Å². The standard InChI is InChI=1S/C14H15BrF2N2O/c1-3-7-19-13(10(15)8-18-19)14(2,20)9-5-4-6-11(16)12(9)17/h4-6,8,20H,3,7H2,1-2H3. The molecule has 0 bridgehead atoms. The van der Waals surface area contributed by atoms with Crippen LogP contribution in [0.2, 0.25) is 0 Å². The summed E-state index contributed by atoms with van der Waals surface area (Å²) in [4.78, 5) is 0. The van der Waals surface area contributed by atoms with Gasteiger partial charge in [0.1, 0.15) is 5.60 Å². The molecule has 1 unspecified atom stereocenters. The van der Waals surface area contributed by atoms with Gasteiger partial charge in [0, 0.05) is 12.1 Å². The first-order chi connectivity index (χ1) is 9.39. The normalized spacial score (nSPS) is 14.3. The quantitative estimate of drug-likeness (QED) is 0.920. The van der Waals surface area contributed by atoms with Gasteiger partial charge in [0.2, 0.25) is 0 Å². The van der Waals surface area contributed by atoms with Crippen molar-refractivity contribution >= 4 is 15.9 Å². The fraction of sp³-hybridized carbons (Fsp3) is 0.357. The largest absolute Gasteiger partial charge is 0.379 e. The van der Waals surface area contributed by atoms with Crippen LogP contribution in [0.5, 0.6) is 0 Å². The van der Waals surface area contributed by atoms with Crippen molar-refractivity contribution in [3.63, 3.8) is 0 Å². The molecule has 0 aliphatic rings. The van der Waals surface area contributed by atoms with Gasteiger partial charge in [0.05, 0.1) is 16.4 Å². The summed E-state index contributed by atoms with van der Waals surface area (Å²) >= 11 is 3.30. The summed E-state index contributed by atoms with van der Waals surface area (Å²) in [5.41, 5.74) is -1.39. The Balaban J connectivity index is 2.60. The average molecular weight is 345 g/mol. The molecule has 3 nitrogen and oxygen atoms in total. The highest BCUT2D eigenvalue weighted by atomic mass is 79.9. The minimum atomic E-state index is -1.68. The van der Waals surface area contributed by atoms with Crippen LogP contribution in [0.4, 0.5) is 8.78 Å². The molecule has 1 heterocycles. The molecular formula is C14H15BrF2N2O. The number of nitrogens with zero attached hydrogens (tertiary/aromatic N) is 2. The van der Waals surface area contributed by atoms with E-state index in [1.807, 2.05) is 6.92 Å². The molecule has 0 spiro atoms. The molecule has 6 heteroatoms. The maximum atomic E-state index is 14.0. The third kappa shape index (κ3) is 2.50. The third-order valence-corrected chi connectivity index (χ3v) is 3.75. The first-order valence-corrected chi connectivity index (χ1v) is 7.07. The van der Waals surface area contributed by atoms with Crippen LogP contribution in [-0.2, 0) is 12.1 Å². The number of hydrogen-bond acceptors (Lipinski definition) is 2. The van der Waals surface area contributed by atoms with Crippen LogP contribution in [0.15, 0.2) is 28.9 Å². The van der Waals surface area contributed by atoms with Gasteiger partial charge in [-0.15, -0.1) is 0 Å². The van der Waals surface area contributed by atoms with Crippen LogP contribution in [0, 0.1) is 11.6 Å². The molecule has 0 amide bonds. The Hall–Kier alpha value is -1.27. The Morgan fingerprint density at radius 3 is 2.75 bits per heavy atom. The summed E-state index contributed by atoms with van der Waals surface area (Å²) in [5.74, 6) is -2.03. The van der Waals surface area contributed by atoms with Crippen molar-refractivity contribution in [1.29, 1.82) is 0 Å². The summed E-state index contributed by atoms with van der Waals surface area (Å²) < 4.78 is 29.5. The lowest BCUT2D eigenvalue weighted by Gasteiger charge is -2.26. The lowest BCUT2D eigenvalue weighted by Crippen LogP contribution is -2.29. The van der Waals surface area contributed by atoms with Gasteiger partial charge in [-0.2, -0.15) is 5.10 Å². The van der Waals surface area contributed by atoms with E-state index in [1.54, 1.807) is 4.68 Å². The first kappa shape index (κ1) is 15.1. The van der Waals surface area contributed by atoms with Crippen LogP contribution < -0.4 is 0 Å². The smallest absolute Gasteiger partial charge is 0.165 e. The number of aromatic nitrogens is 2. The minimum absolute atomic E-state index is 0.115. The van der Waals surface area contributed by atoms with Gasteiger partial charge in [-0.05, 0) is 35.3 Å². The Labute approximate surface area is 124 Å². The van der Waals surface area contributed by atoms with Crippen LogP contribution >= 0.6 is 15.9 Å². The number of hydrogen-bond donors (Lipinski definition) is 1. The number of halogens is 3. The highest BCUT2D eigenvalue weighted by Gasteiger charge is 2.35. The maximum Gasteiger partial charge on any atom is 0.165 e. The summed E-state index contributed by atoms with van der Waals surface area (Å²) in [6, 6.07) is 3.76. The lowest BCUT2D eigenvalue weighted by molar-refractivity contribution is 0.0857. The van der Waals surface area contributed by atoms with E-state index in [2.05, 4.69) is 21.0 Å². The van der Waals surface area contributed by atoms with Gasteiger partial charge in [-0.3, -0.25) is 4.68 Å². The molecule has 0 radical (unpaired) electrons. The Bertz CT molecular complexity index is 626. The SMILES string of the molecule is CCCn1ncc(Br)c1C(C)(O)c1cccc(F)c1F. The van der Waals surface area contributed by atoms with E-state index in [4.69, 9.17) is 0 Å². The molecule has 1 aromatic heterocycles. The molecule has 0 aliphatic carbocycles. The zero-order chi connectivity index (χ0) is 14.9. The molecule has 2 aromatic rings. The summed E-state index contributed by atoms with van der Waals surface area (Å²) in [6.07, 6.45) is 2.35. The van der Waals surface area contributed by atoms with E-state index in [0.717, 1.165) is 12.5 Å². The van der Waals surface area contributed by atoms with Crippen LogP contribution in [0.25, 0.3) is 0 Å². The Morgan fingerprint density at radius 2 is 2.10 bits per heavy atom. The molecule has 0 fully saturated rings. The molecule has 1 atom stereocenters. The molecule has 1 aromatic carbocycles. The van der Waals surface area contributed by atoms with E-state index >= 15 is 0 Å². The lowest BCUT2D eigenvalue weighted by atomic mass is 9.91. The predicted molar refractivity (Wildman–Crippen MR) is 75.2 cm³/mol. The van der Waals surface area contributed by atoms with Gasteiger partial charge in [0.25, 0.3) is 0 Å². The number of aryl methyl sites for hydroxylation is 1. The second-order valence-corrected chi connectivity index (χ2v) is 5.59. The second-order valence-electron chi connectivity index (χ2n) is 4.74. The van der Waals surface area contributed by atoms with Gasteiger partial charge >= 0.3 is 0 Å². The van der Waals surface area contributed by atoms with Crippen molar-refractivity contribution in [1.82, 2.24) is 9.78 Å². The highest BCUT2D eigenvalue weighted by molar-refractivity contribution is 9.10. The van der Waals surface area contributed by atoms with E-state index < -0.39 is 17.2 Å². The molecule has 0 saturated carbocycles. The van der Waals surface area contributed by atoms with E-state index in [-0.39, 0.29) is 5.56 Å². The second kappa shape index (κ2) is 5.61. The van der Waals surface area contributed by atoms with E-state index in [0.29, 0.717) is 16.7 Å². The number of aliphatic hydroxyl groups is 1. The molecule has 20 heavy (non-hydrogen) atoms. The fourth-order valence-electron chi connectivity index (χ4n) is 2.24. The van der Waals surface area contributed by atoms with E-state index in [1.165, 1.54) is 25.3 Å². The zero-order valence-electron chi connectivity index (χ0n) is 11.2. The monoisotopic (exact) mass is 344 g/mol. The average Bonchev–Trinajstić information content (AvgIpc) is 2.75. The maximum absolute atomic E-state index is 14.0. The van der Waals surface area contributed by atoms with E-state index in [9.17, 15) is 13.9 Å². The van der Waals surface area contributed by atoms with Crippen molar-refractivity contribution in [3.8, 4) is 0 Å². The summed E-state index contributed by atoms with van der Waals surface area (Å²) in [6.45, 7) is 3.98. The predicted octanol–water partition coefficient (Wildman–Crippen LogP) is 3.59. The minimum Gasteiger partial charge on any atom is -0.379 e. The number of rotatable bonds is 4. The van der Waals surface area contributed by atoms with Crippen molar-refractivity contribution in [2.75, 3.05) is 0 Å². The molecular weight excluding hydrogens is 330 g/mol. The summed E-state index contributed by atoms with van der Waals surface area (Å²) in [5, 5.41) is 14.9. The third-order valence-electron chi connectivity index (χ3n) is 3.17. The number of benzene rings is 1. The summed E-state index contributed by atoms with van der Waals surface area (Å²) in [7, 11) is 0. The zero-order valence-corrected chi connectivity index (χ0v) is 12.8. The Morgan fingerprint density at radius 1 is 1.40 bits per heavy atom. The topological polar surface area (TPSA) is 38.0 Å². The fourth-order valence-corrected chi connectivity index (χ4v) is 2.92. The van der Waals surface area contributed by atoms with Crippen molar-refractivity contribution in [3.05, 3.63) is 51.8 Å². The van der Waals surface area contributed by atoms with Gasteiger partial charge < -0.3 is 5.11 Å². The molecule has 0 aliphatic heterocycles. The molecule has 108 valence electrons. The molecule has 0 saturated heterocycles. The van der Waals surface area contributed by atoms with Crippen LogP contribution in [0.3, 0.4) is 0 Å². The Kier molecular flexibility index (Phi) is 4.25. The van der Waals surface area contributed by atoms with Gasteiger partial charge in [0.15, 0.2) is 11.6 Å². The molecule has 1 N–H and O–H groups in total. The van der Waals surface area contributed by atoms with Crippen molar-refractivity contribution in [2.24, 2.45) is 0 Å². The molecule has 2 rings (SSSR count). The van der Waals surface area contributed by atoms with Crippen LogP contribution in [0.1, 0.15) is 31.5 Å². The van der Waals surface area contributed by atoms with Gasteiger partial charge in [-0.25, -0.2) is 8.78 Å². The van der Waals surface area contributed by atoms with Crippen LogP contribution in [-0.4, -0.2) is 14.9 Å². The van der Waals surface area contributed by atoms with Gasteiger partial charge in [-0.1, -0.05) is 19.1 Å². The highest BCUT2D eigenvalue weighted by Crippen LogP contribution is 2.35.